The van der Waals surface area contributed by atoms with Crippen LogP contribution in [0.1, 0.15) is 32.1 Å². The van der Waals surface area contributed by atoms with Crippen LogP contribution >= 0.6 is 11.3 Å². The van der Waals surface area contributed by atoms with Gasteiger partial charge in [0.25, 0.3) is 0 Å². The average molecular weight is 298 g/mol. The van der Waals surface area contributed by atoms with Crippen LogP contribution in [0.5, 0.6) is 0 Å². The number of rotatable bonds is 4. The molecule has 0 radical (unpaired) electrons. The molecule has 2 heterocycles. The molecule has 1 aromatic carbocycles. The van der Waals surface area contributed by atoms with E-state index in [0.717, 1.165) is 10.1 Å². The van der Waals surface area contributed by atoms with Crippen LogP contribution in [0.25, 0.3) is 10.1 Å². The van der Waals surface area contributed by atoms with E-state index in [1.54, 1.807) is 24.9 Å². The van der Waals surface area contributed by atoms with Crippen molar-refractivity contribution in [3.8, 4) is 0 Å². The second kappa shape index (κ2) is 5.26. The Balaban J connectivity index is 1.82. The molecule has 0 fully saturated rings. The second-order valence-electron chi connectivity index (χ2n) is 4.97. The summed E-state index contributed by atoms with van der Waals surface area (Å²) in [6.07, 6.45) is 1.55. The average Bonchev–Trinajstić information content (AvgIpc) is 3.01. The minimum atomic E-state index is -0.178. The van der Waals surface area contributed by atoms with Gasteiger partial charge in [-0.3, -0.25) is 14.3 Å². The van der Waals surface area contributed by atoms with Gasteiger partial charge in [0.1, 0.15) is 0 Å². The van der Waals surface area contributed by atoms with Gasteiger partial charge in [0.15, 0.2) is 11.6 Å². The molecule has 0 saturated carbocycles. The van der Waals surface area contributed by atoms with E-state index in [9.17, 15) is 9.59 Å². The van der Waals surface area contributed by atoms with Crippen molar-refractivity contribution < 1.29 is 9.59 Å². The third-order valence-corrected chi connectivity index (χ3v) is 4.49. The van der Waals surface area contributed by atoms with Crippen molar-refractivity contribution in [3.63, 3.8) is 0 Å². The predicted octanol–water partition coefficient (Wildman–Crippen LogP) is 3.40. The van der Waals surface area contributed by atoms with Gasteiger partial charge in [0.2, 0.25) is 0 Å². The highest BCUT2D eigenvalue weighted by molar-refractivity contribution is 7.20. The van der Waals surface area contributed by atoms with Crippen molar-refractivity contribution in [2.45, 2.75) is 13.3 Å². The summed E-state index contributed by atoms with van der Waals surface area (Å²) in [6, 6.07) is 9.68. The fraction of sp³-hybridized carbons (Fsp3) is 0.188. The molecule has 0 amide bonds. The lowest BCUT2D eigenvalue weighted by Gasteiger charge is -1.97. The third-order valence-electron chi connectivity index (χ3n) is 3.34. The predicted molar refractivity (Wildman–Crippen MR) is 83.0 cm³/mol. The highest BCUT2D eigenvalue weighted by Gasteiger charge is 2.18. The van der Waals surface area contributed by atoms with Crippen LogP contribution < -0.4 is 0 Å². The molecule has 0 aliphatic rings. The van der Waals surface area contributed by atoms with Crippen molar-refractivity contribution in [2.75, 3.05) is 0 Å². The lowest BCUT2D eigenvalue weighted by molar-refractivity contribution is 0.0896. The topological polar surface area (TPSA) is 52.0 Å². The quantitative estimate of drug-likeness (QED) is 0.548. The Morgan fingerprint density at radius 3 is 2.67 bits per heavy atom. The molecule has 3 aromatic rings. The molecule has 106 valence electrons. The molecule has 0 spiro atoms. The number of hydrogen-bond acceptors (Lipinski definition) is 4. The second-order valence-corrected chi connectivity index (χ2v) is 6.06. The Labute approximate surface area is 126 Å². The van der Waals surface area contributed by atoms with Crippen LogP contribution in [0.4, 0.5) is 0 Å². The van der Waals surface area contributed by atoms with Crippen molar-refractivity contribution in [3.05, 3.63) is 52.7 Å². The summed E-state index contributed by atoms with van der Waals surface area (Å²) in [4.78, 5) is 25.1. The highest BCUT2D eigenvalue weighted by atomic mass is 32.1. The Hall–Kier alpha value is -2.27. The van der Waals surface area contributed by atoms with E-state index >= 15 is 0 Å². The first-order chi connectivity index (χ1) is 10.0. The number of fused-ring (bicyclic) bond motifs is 1. The largest absolute Gasteiger partial charge is 0.294 e. The van der Waals surface area contributed by atoms with E-state index in [4.69, 9.17) is 0 Å². The number of carbonyl (C=O) groups is 2. The summed E-state index contributed by atoms with van der Waals surface area (Å²) in [6.45, 7) is 1.77. The van der Waals surface area contributed by atoms with E-state index in [-0.39, 0.29) is 18.0 Å². The van der Waals surface area contributed by atoms with Crippen molar-refractivity contribution in [2.24, 2.45) is 7.05 Å². The molecular weight excluding hydrogens is 284 g/mol. The lowest BCUT2D eigenvalue weighted by Crippen LogP contribution is -2.07. The lowest BCUT2D eigenvalue weighted by atomic mass is 10.1. The van der Waals surface area contributed by atoms with E-state index in [2.05, 4.69) is 5.10 Å². The van der Waals surface area contributed by atoms with E-state index in [1.807, 2.05) is 30.3 Å². The first-order valence-electron chi connectivity index (χ1n) is 6.60. The van der Waals surface area contributed by atoms with Gasteiger partial charge in [0, 0.05) is 17.9 Å². The third kappa shape index (κ3) is 2.64. The Bertz CT molecular complexity index is 812. The molecule has 0 saturated heterocycles. The first-order valence-corrected chi connectivity index (χ1v) is 7.41. The number of hydrogen-bond donors (Lipinski definition) is 0. The number of aryl methyl sites for hydroxylation is 2. The number of aromatic nitrogens is 2. The molecule has 0 bridgehead atoms. The summed E-state index contributed by atoms with van der Waals surface area (Å²) >= 11 is 1.43. The summed E-state index contributed by atoms with van der Waals surface area (Å²) in [5, 5.41) is 5.17. The maximum Gasteiger partial charge on any atom is 0.180 e. The molecule has 0 atom stereocenters. The van der Waals surface area contributed by atoms with Crippen LogP contribution in [0, 0.1) is 6.92 Å². The highest BCUT2D eigenvalue weighted by Crippen LogP contribution is 2.26. The maximum absolute atomic E-state index is 12.3. The van der Waals surface area contributed by atoms with Crippen molar-refractivity contribution in [1.82, 2.24) is 9.78 Å². The van der Waals surface area contributed by atoms with Crippen LogP contribution in [-0.2, 0) is 7.05 Å². The number of carbonyl (C=O) groups excluding carboxylic acids is 2. The fourth-order valence-corrected chi connectivity index (χ4v) is 3.32. The normalized spacial score (nSPS) is 11.0. The van der Waals surface area contributed by atoms with Gasteiger partial charge in [0.05, 0.1) is 22.6 Å². The monoisotopic (exact) mass is 298 g/mol. The zero-order chi connectivity index (χ0) is 15.0. The van der Waals surface area contributed by atoms with Crippen LogP contribution in [0.2, 0.25) is 0 Å². The summed E-state index contributed by atoms with van der Waals surface area (Å²) in [7, 11) is 1.76. The number of benzene rings is 1. The Morgan fingerprint density at radius 2 is 2.00 bits per heavy atom. The number of Topliss-reactive ketones (excluding diaryl/α,β-unsaturated/α-hetero) is 2. The molecule has 4 nitrogen and oxygen atoms in total. The van der Waals surface area contributed by atoms with Gasteiger partial charge in [-0.2, -0.15) is 5.10 Å². The van der Waals surface area contributed by atoms with Crippen LogP contribution in [0.3, 0.4) is 0 Å². The molecular formula is C16H14N2O2S. The zero-order valence-electron chi connectivity index (χ0n) is 11.8. The van der Waals surface area contributed by atoms with Crippen LogP contribution in [0.15, 0.2) is 36.5 Å². The minimum Gasteiger partial charge on any atom is -0.294 e. The smallest absolute Gasteiger partial charge is 0.180 e. The molecule has 0 N–H and O–H groups in total. The molecule has 0 unspecified atom stereocenters. The summed E-state index contributed by atoms with van der Waals surface area (Å²) < 4.78 is 2.65. The minimum absolute atomic E-state index is 0.112. The van der Waals surface area contributed by atoms with E-state index < -0.39 is 0 Å². The fourth-order valence-electron chi connectivity index (χ4n) is 2.32. The number of thiophene rings is 1. The van der Waals surface area contributed by atoms with Gasteiger partial charge >= 0.3 is 0 Å². The van der Waals surface area contributed by atoms with Gasteiger partial charge < -0.3 is 0 Å². The van der Waals surface area contributed by atoms with Gasteiger partial charge in [-0.05, 0) is 24.4 Å². The molecule has 5 heteroatoms. The van der Waals surface area contributed by atoms with Crippen molar-refractivity contribution in [1.29, 1.82) is 0 Å². The van der Waals surface area contributed by atoms with Crippen LogP contribution in [-0.4, -0.2) is 21.3 Å². The maximum atomic E-state index is 12.3. The molecule has 21 heavy (non-hydrogen) atoms. The first kappa shape index (κ1) is 13.7. The molecule has 0 aliphatic carbocycles. The SMILES string of the molecule is Cc1nn(C)cc1C(=O)CC(=O)c1cc2ccccc2s1. The molecule has 0 aliphatic heterocycles. The number of ketones is 2. The zero-order valence-corrected chi connectivity index (χ0v) is 12.6. The van der Waals surface area contributed by atoms with Gasteiger partial charge in [-0.15, -0.1) is 11.3 Å². The Kier molecular flexibility index (Phi) is 3.43. The van der Waals surface area contributed by atoms with E-state index in [0.29, 0.717) is 16.1 Å². The summed E-state index contributed by atoms with van der Waals surface area (Å²) in [5.74, 6) is -0.312. The standard InChI is InChI=1S/C16H14N2O2S/c1-10-12(9-18(2)17-10)13(19)8-14(20)16-7-11-5-3-4-6-15(11)21-16/h3-7,9H,8H2,1-2H3. The van der Waals surface area contributed by atoms with Gasteiger partial charge in [-0.25, -0.2) is 0 Å². The number of nitrogens with zero attached hydrogens (tertiary/aromatic N) is 2. The van der Waals surface area contributed by atoms with Crippen molar-refractivity contribution >= 4 is 33.0 Å². The summed E-state index contributed by atoms with van der Waals surface area (Å²) in [5.41, 5.74) is 1.18. The molecule has 2 aromatic heterocycles. The Morgan fingerprint density at radius 1 is 1.24 bits per heavy atom. The van der Waals surface area contributed by atoms with Gasteiger partial charge in [-0.1, -0.05) is 18.2 Å². The molecule has 3 rings (SSSR count). The van der Waals surface area contributed by atoms with E-state index in [1.165, 1.54) is 11.3 Å².